The van der Waals surface area contributed by atoms with Crippen LogP contribution in [0.1, 0.15) is 59.9 Å². The molecule has 2 saturated heterocycles. The van der Waals surface area contributed by atoms with Crippen LogP contribution in [-0.2, 0) is 11.8 Å². The molecular formula is C26H27N7O2. The fourth-order valence-electron chi connectivity index (χ4n) is 5.60. The zero-order valence-electron chi connectivity index (χ0n) is 19.9. The third-order valence-electron chi connectivity index (χ3n) is 7.29. The van der Waals surface area contributed by atoms with Gasteiger partial charge < -0.3 is 14.2 Å². The Morgan fingerprint density at radius 1 is 1.23 bits per heavy atom. The lowest BCUT2D eigenvalue weighted by Crippen LogP contribution is -2.29. The molecule has 0 aliphatic carbocycles. The minimum Gasteiger partial charge on any atom is -0.378 e. The number of hydrogen-bond donors (Lipinski definition) is 0. The molecule has 178 valence electrons. The predicted molar refractivity (Wildman–Crippen MR) is 130 cm³/mol. The molecule has 1 aromatic carbocycles. The largest absolute Gasteiger partial charge is 0.378 e. The second kappa shape index (κ2) is 8.47. The molecule has 2 aliphatic heterocycles. The van der Waals surface area contributed by atoms with Crippen LogP contribution in [0, 0.1) is 11.3 Å². The molecule has 0 bridgehead atoms. The van der Waals surface area contributed by atoms with E-state index in [-0.39, 0.29) is 24.0 Å². The lowest BCUT2D eigenvalue weighted by Gasteiger charge is -2.31. The highest BCUT2D eigenvalue weighted by Crippen LogP contribution is 2.38. The number of rotatable bonds is 3. The number of aromatic nitrogens is 5. The van der Waals surface area contributed by atoms with Gasteiger partial charge in [-0.1, -0.05) is 0 Å². The van der Waals surface area contributed by atoms with E-state index in [0.29, 0.717) is 30.8 Å². The molecule has 35 heavy (non-hydrogen) atoms. The molecule has 9 nitrogen and oxygen atoms in total. The number of amides is 1. The summed E-state index contributed by atoms with van der Waals surface area (Å²) in [7, 11) is 1.82. The van der Waals surface area contributed by atoms with Crippen LogP contribution in [-0.4, -0.2) is 60.9 Å². The number of fused-ring (bicyclic) bond motifs is 3. The maximum absolute atomic E-state index is 13.1. The van der Waals surface area contributed by atoms with Gasteiger partial charge in [-0.3, -0.25) is 14.5 Å². The third-order valence-corrected chi connectivity index (χ3v) is 7.29. The summed E-state index contributed by atoms with van der Waals surface area (Å²) in [5.74, 6) is 1.13. The normalized spacial score (nSPS) is 22.7. The molecule has 0 radical (unpaired) electrons. The molecule has 0 unspecified atom stereocenters. The van der Waals surface area contributed by atoms with Crippen molar-refractivity contribution in [2.45, 2.75) is 44.2 Å². The Kier molecular flexibility index (Phi) is 5.26. The van der Waals surface area contributed by atoms with Crippen LogP contribution in [0.3, 0.4) is 0 Å². The third kappa shape index (κ3) is 3.74. The maximum Gasteiger partial charge on any atom is 0.257 e. The second-order valence-electron chi connectivity index (χ2n) is 9.67. The zero-order chi connectivity index (χ0) is 24.1. The molecule has 1 amide bonds. The smallest absolute Gasteiger partial charge is 0.257 e. The molecule has 6 rings (SSSR count). The van der Waals surface area contributed by atoms with Gasteiger partial charge in [-0.25, -0.2) is 4.98 Å². The van der Waals surface area contributed by atoms with E-state index in [4.69, 9.17) is 9.72 Å². The fraction of sp³-hybridized carbons (Fsp3) is 0.423. The zero-order valence-corrected chi connectivity index (χ0v) is 19.9. The number of ether oxygens (including phenoxy) is 1. The van der Waals surface area contributed by atoms with E-state index in [0.717, 1.165) is 47.0 Å². The van der Waals surface area contributed by atoms with Gasteiger partial charge in [0.05, 0.1) is 46.7 Å². The van der Waals surface area contributed by atoms with Gasteiger partial charge >= 0.3 is 0 Å². The minimum absolute atomic E-state index is 0.00808. The van der Waals surface area contributed by atoms with Crippen molar-refractivity contribution in [1.29, 1.82) is 5.26 Å². The summed E-state index contributed by atoms with van der Waals surface area (Å²) in [6.07, 6.45) is 8.02. The van der Waals surface area contributed by atoms with Crippen LogP contribution in [0.15, 0.2) is 36.8 Å². The Bertz CT molecular complexity index is 1480. The van der Waals surface area contributed by atoms with Crippen LogP contribution >= 0.6 is 0 Å². The number of nitrogens with zero attached hydrogens (tertiary/aromatic N) is 7. The number of nitriles is 1. The lowest BCUT2D eigenvalue weighted by atomic mass is 10.0. The molecule has 2 fully saturated rings. The maximum atomic E-state index is 13.1. The van der Waals surface area contributed by atoms with Gasteiger partial charge in [0.15, 0.2) is 0 Å². The van der Waals surface area contributed by atoms with Crippen molar-refractivity contribution in [3.05, 3.63) is 53.7 Å². The number of hydrogen-bond acceptors (Lipinski definition) is 6. The molecule has 5 heterocycles. The standard InChI is InChI=1S/C26H27N7O2/c1-16-9-20(6-8-35-16)33-24-21-10-17(11-27)3-4-22(21)28-13-23(24)30-25(33)18-5-7-32(15-18)26(34)19-12-29-31(2)14-19/h3-4,10,12-14,16,18,20H,5-9,15H2,1-2H3/t16-,18-,20-/m1/s1. The molecule has 0 spiro atoms. The summed E-state index contributed by atoms with van der Waals surface area (Å²) in [5, 5.41) is 14.6. The molecule has 0 saturated carbocycles. The van der Waals surface area contributed by atoms with E-state index < -0.39 is 0 Å². The van der Waals surface area contributed by atoms with Gasteiger partial charge in [-0.2, -0.15) is 10.4 Å². The monoisotopic (exact) mass is 469 g/mol. The molecule has 2 aliphatic rings. The first-order chi connectivity index (χ1) is 17.0. The van der Waals surface area contributed by atoms with Crippen molar-refractivity contribution >= 4 is 27.8 Å². The van der Waals surface area contributed by atoms with Crippen LogP contribution < -0.4 is 0 Å². The van der Waals surface area contributed by atoms with Crippen molar-refractivity contribution in [3.8, 4) is 6.07 Å². The Morgan fingerprint density at radius 3 is 2.89 bits per heavy atom. The average molecular weight is 470 g/mol. The summed E-state index contributed by atoms with van der Waals surface area (Å²) in [5.41, 5.74) is 3.93. The first-order valence-electron chi connectivity index (χ1n) is 12.1. The van der Waals surface area contributed by atoms with Gasteiger partial charge in [-0.15, -0.1) is 0 Å². The fourth-order valence-corrected chi connectivity index (χ4v) is 5.60. The molecule has 9 heteroatoms. The summed E-state index contributed by atoms with van der Waals surface area (Å²) in [6, 6.07) is 8.12. The van der Waals surface area contributed by atoms with Crippen LogP contribution in [0.25, 0.3) is 21.9 Å². The van der Waals surface area contributed by atoms with E-state index >= 15 is 0 Å². The van der Waals surface area contributed by atoms with Crippen molar-refractivity contribution in [2.75, 3.05) is 19.7 Å². The molecule has 3 aromatic heterocycles. The highest BCUT2D eigenvalue weighted by atomic mass is 16.5. The highest BCUT2D eigenvalue weighted by molar-refractivity contribution is 6.03. The van der Waals surface area contributed by atoms with Crippen LogP contribution in [0.5, 0.6) is 0 Å². The van der Waals surface area contributed by atoms with E-state index in [9.17, 15) is 10.1 Å². The number of carbonyl (C=O) groups is 1. The van der Waals surface area contributed by atoms with E-state index in [1.54, 1.807) is 23.1 Å². The summed E-state index contributed by atoms with van der Waals surface area (Å²) in [4.78, 5) is 24.7. The summed E-state index contributed by atoms with van der Waals surface area (Å²) < 4.78 is 9.89. The van der Waals surface area contributed by atoms with Gasteiger partial charge in [-0.05, 0) is 44.4 Å². The Morgan fingerprint density at radius 2 is 2.11 bits per heavy atom. The number of imidazole rings is 1. The number of aryl methyl sites for hydroxylation is 1. The quantitative estimate of drug-likeness (QED) is 0.455. The van der Waals surface area contributed by atoms with Gasteiger partial charge in [0.2, 0.25) is 0 Å². The Labute approximate surface area is 202 Å². The number of pyridine rings is 1. The molecule has 0 N–H and O–H groups in total. The van der Waals surface area contributed by atoms with Crippen molar-refractivity contribution in [3.63, 3.8) is 0 Å². The molecule has 4 aromatic rings. The van der Waals surface area contributed by atoms with Gasteiger partial charge in [0.25, 0.3) is 5.91 Å². The highest BCUT2D eigenvalue weighted by Gasteiger charge is 2.34. The van der Waals surface area contributed by atoms with Gasteiger partial charge in [0.1, 0.15) is 11.3 Å². The van der Waals surface area contributed by atoms with Crippen LogP contribution in [0.2, 0.25) is 0 Å². The molecule has 3 atom stereocenters. The lowest BCUT2D eigenvalue weighted by molar-refractivity contribution is 0.00608. The SMILES string of the molecule is C[C@@H]1C[C@H](n2c([C@@H]3CCN(C(=O)c4cnn(C)c4)C3)nc3cnc4ccc(C#N)cc4c32)CCO1. The first-order valence-corrected chi connectivity index (χ1v) is 12.1. The topological polar surface area (TPSA) is 102 Å². The Hall–Kier alpha value is -3.77. The molecular weight excluding hydrogens is 442 g/mol. The van der Waals surface area contributed by atoms with Crippen molar-refractivity contribution in [2.24, 2.45) is 7.05 Å². The Balaban J connectivity index is 1.45. The van der Waals surface area contributed by atoms with E-state index in [1.165, 1.54) is 0 Å². The van der Waals surface area contributed by atoms with Crippen molar-refractivity contribution < 1.29 is 9.53 Å². The average Bonchev–Trinajstić information content (AvgIpc) is 3.61. The van der Waals surface area contributed by atoms with Crippen LogP contribution in [0.4, 0.5) is 0 Å². The van der Waals surface area contributed by atoms with Crippen molar-refractivity contribution in [1.82, 2.24) is 29.2 Å². The van der Waals surface area contributed by atoms with E-state index in [2.05, 4.69) is 27.6 Å². The van der Waals surface area contributed by atoms with E-state index in [1.807, 2.05) is 30.3 Å². The minimum atomic E-state index is 0.00808. The summed E-state index contributed by atoms with van der Waals surface area (Å²) >= 11 is 0. The number of likely N-dealkylation sites (tertiary alicyclic amines) is 1. The predicted octanol–water partition coefficient (Wildman–Crippen LogP) is 3.56. The second-order valence-corrected chi connectivity index (χ2v) is 9.67. The first kappa shape index (κ1) is 21.7. The van der Waals surface area contributed by atoms with Gasteiger partial charge in [0, 0.05) is 50.3 Å². The number of benzene rings is 1. The summed E-state index contributed by atoms with van der Waals surface area (Å²) in [6.45, 7) is 4.12. The number of carbonyl (C=O) groups excluding carboxylic acids is 1.